The molecule has 4 heteroatoms. The molecule has 5 fully saturated rings. The third-order valence-electron chi connectivity index (χ3n) is 15.5. The van der Waals surface area contributed by atoms with E-state index in [0.717, 1.165) is 29.7 Å². The summed E-state index contributed by atoms with van der Waals surface area (Å²) in [6.45, 7) is 22.7. The highest BCUT2D eigenvalue weighted by Gasteiger charge is 2.70. The van der Waals surface area contributed by atoms with Crippen LogP contribution in [0.1, 0.15) is 117 Å². The van der Waals surface area contributed by atoms with Crippen molar-refractivity contribution in [2.75, 3.05) is 20.1 Å². The van der Waals surface area contributed by atoms with Crippen molar-refractivity contribution in [3.05, 3.63) is 29.6 Å². The quantitative estimate of drug-likeness (QED) is 0.384. The Morgan fingerprint density at radius 1 is 1.00 bits per heavy atom. The van der Waals surface area contributed by atoms with Gasteiger partial charge in [0.25, 0.3) is 0 Å². The van der Waals surface area contributed by atoms with Crippen LogP contribution in [0.15, 0.2) is 18.3 Å². The van der Waals surface area contributed by atoms with E-state index in [4.69, 9.17) is 0 Å². The monoisotopic (exact) mass is 546 g/mol. The molecular formula is C36H58N4. The van der Waals surface area contributed by atoms with E-state index in [1.165, 1.54) is 101 Å². The fourth-order valence-electron chi connectivity index (χ4n) is 13.4. The Kier molecular flexibility index (Phi) is 6.19. The maximum atomic E-state index is 4.62. The Morgan fingerprint density at radius 3 is 2.52 bits per heavy atom. The van der Waals surface area contributed by atoms with E-state index < -0.39 is 0 Å². The van der Waals surface area contributed by atoms with Gasteiger partial charge in [-0.3, -0.25) is 5.10 Å². The van der Waals surface area contributed by atoms with Crippen LogP contribution in [0, 0.1) is 45.8 Å². The normalized spacial score (nSPS) is 49.5. The van der Waals surface area contributed by atoms with Crippen molar-refractivity contribution in [3.8, 4) is 0 Å². The number of hydrogen-bond acceptors (Lipinski definition) is 3. The topological polar surface area (TPSA) is 44.0 Å². The van der Waals surface area contributed by atoms with Gasteiger partial charge in [0.2, 0.25) is 0 Å². The molecule has 7 rings (SSSR count). The largest absolute Gasteiger partial charge is 0.309 e. The lowest BCUT2D eigenvalue weighted by Gasteiger charge is -2.72. The third-order valence-corrected chi connectivity index (χ3v) is 15.5. The summed E-state index contributed by atoms with van der Waals surface area (Å²) in [7, 11) is 2.34. The van der Waals surface area contributed by atoms with E-state index in [1.807, 2.05) is 0 Å². The average molecular weight is 547 g/mol. The molecule has 0 aromatic carbocycles. The molecular weight excluding hydrogens is 488 g/mol. The number of likely N-dealkylation sites (tertiary alicyclic amines) is 1. The summed E-state index contributed by atoms with van der Waals surface area (Å²) in [5.41, 5.74) is 6.04. The van der Waals surface area contributed by atoms with Crippen LogP contribution >= 0.6 is 0 Å². The lowest BCUT2D eigenvalue weighted by Crippen LogP contribution is -2.69. The molecule has 4 nitrogen and oxygen atoms in total. The standard InChI is InChI=1S/C36H58N4/c1-23(2)26-13-16-36(37-22-25-10-9-19-40(25)8)18-17-34(6)27(30(26)36)11-12-29-33(5)20-24-21-38-39-31(24)32(3,4)28(33)14-15-35(29,34)7/h21,25-30,37H,1,9-20,22H2,2-8H3,(H,38,39)/t25-,26-,27+,28-,29+,30+,33-,34+,35+,36-/m0/s1. The Morgan fingerprint density at radius 2 is 1.80 bits per heavy atom. The van der Waals surface area contributed by atoms with Crippen molar-refractivity contribution in [1.82, 2.24) is 20.4 Å². The number of allylic oxidation sites excluding steroid dienone is 1. The first-order valence-electron chi connectivity index (χ1n) is 17.0. The van der Waals surface area contributed by atoms with Crippen molar-refractivity contribution in [2.45, 2.75) is 129 Å². The van der Waals surface area contributed by atoms with Gasteiger partial charge >= 0.3 is 0 Å². The highest BCUT2D eigenvalue weighted by Crippen LogP contribution is 2.76. The molecule has 40 heavy (non-hydrogen) atoms. The number of hydrogen-bond donors (Lipinski definition) is 2. The van der Waals surface area contributed by atoms with Crippen LogP contribution in [0.3, 0.4) is 0 Å². The number of aromatic nitrogens is 2. The SMILES string of the molecule is C=C(C)[C@@H]1CC[C@]2(NC[C@@H]3CCCN3C)CC[C@]3(C)[C@H](CC[C@@H]4[C@@]5(C)Cc6cn[nH]c6C(C)(C)[C@@H]5CC[C@]43C)[C@@H]12. The summed E-state index contributed by atoms with van der Waals surface area (Å²) < 4.78 is 0. The van der Waals surface area contributed by atoms with Crippen LogP contribution in [0.5, 0.6) is 0 Å². The van der Waals surface area contributed by atoms with Crippen LogP contribution in [0.4, 0.5) is 0 Å². The molecule has 222 valence electrons. The number of aromatic amines is 1. The Labute approximate surface area is 244 Å². The lowest BCUT2D eigenvalue weighted by molar-refractivity contribution is -0.219. The predicted octanol–water partition coefficient (Wildman–Crippen LogP) is 7.52. The van der Waals surface area contributed by atoms with E-state index in [-0.39, 0.29) is 5.41 Å². The maximum Gasteiger partial charge on any atom is 0.0522 e. The summed E-state index contributed by atoms with van der Waals surface area (Å²) in [4.78, 5) is 2.61. The molecule has 0 amide bonds. The number of rotatable bonds is 4. The van der Waals surface area contributed by atoms with Gasteiger partial charge in [0.15, 0.2) is 0 Å². The molecule has 0 unspecified atom stereocenters. The molecule has 10 atom stereocenters. The van der Waals surface area contributed by atoms with Gasteiger partial charge in [0.1, 0.15) is 0 Å². The molecule has 1 aromatic heterocycles. The maximum absolute atomic E-state index is 4.62. The minimum Gasteiger partial charge on any atom is -0.309 e. The number of likely N-dealkylation sites (N-methyl/N-ethyl adjacent to an activating group) is 1. The zero-order chi connectivity index (χ0) is 28.3. The van der Waals surface area contributed by atoms with Crippen LogP contribution in [0.2, 0.25) is 0 Å². The first kappa shape index (κ1) is 27.7. The fraction of sp³-hybridized carbons (Fsp3) is 0.861. The van der Waals surface area contributed by atoms with Gasteiger partial charge in [-0.15, -0.1) is 0 Å². The van der Waals surface area contributed by atoms with E-state index in [2.05, 4.69) is 81.8 Å². The summed E-state index contributed by atoms with van der Waals surface area (Å²) >= 11 is 0. The zero-order valence-corrected chi connectivity index (χ0v) is 26.8. The van der Waals surface area contributed by atoms with Gasteiger partial charge < -0.3 is 10.2 Å². The van der Waals surface area contributed by atoms with Crippen molar-refractivity contribution in [1.29, 1.82) is 0 Å². The second-order valence-corrected chi connectivity index (χ2v) is 17.2. The Balaban J connectivity index is 1.23. The molecule has 0 bridgehead atoms. The van der Waals surface area contributed by atoms with Crippen LogP contribution in [0.25, 0.3) is 0 Å². The van der Waals surface area contributed by atoms with Crippen molar-refractivity contribution < 1.29 is 0 Å². The number of nitrogens with zero attached hydrogens (tertiary/aromatic N) is 2. The first-order valence-corrected chi connectivity index (χ1v) is 17.0. The van der Waals surface area contributed by atoms with Crippen molar-refractivity contribution in [3.63, 3.8) is 0 Å². The lowest BCUT2D eigenvalue weighted by atomic mass is 9.33. The molecule has 0 spiro atoms. The molecule has 4 saturated carbocycles. The zero-order valence-electron chi connectivity index (χ0n) is 26.8. The summed E-state index contributed by atoms with van der Waals surface area (Å²) in [6.07, 6.45) is 17.2. The van der Waals surface area contributed by atoms with Crippen LogP contribution in [-0.2, 0) is 11.8 Å². The summed E-state index contributed by atoms with van der Waals surface area (Å²) in [5.74, 6) is 3.77. The van der Waals surface area contributed by atoms with E-state index >= 15 is 0 Å². The fourth-order valence-corrected chi connectivity index (χ4v) is 13.4. The molecule has 1 aliphatic heterocycles. The van der Waals surface area contributed by atoms with Gasteiger partial charge in [0.05, 0.1) is 6.20 Å². The predicted molar refractivity (Wildman–Crippen MR) is 165 cm³/mol. The van der Waals surface area contributed by atoms with Crippen LogP contribution < -0.4 is 5.32 Å². The number of H-pyrrole nitrogens is 1. The summed E-state index contributed by atoms with van der Waals surface area (Å²) in [6, 6.07) is 0.721. The summed E-state index contributed by atoms with van der Waals surface area (Å²) in [5, 5.41) is 12.4. The van der Waals surface area contributed by atoms with Crippen LogP contribution in [-0.4, -0.2) is 46.8 Å². The van der Waals surface area contributed by atoms with Crippen molar-refractivity contribution in [2.24, 2.45) is 45.8 Å². The van der Waals surface area contributed by atoms with E-state index in [1.54, 1.807) is 0 Å². The number of fused-ring (bicyclic) bond motifs is 8. The molecule has 1 saturated heterocycles. The smallest absolute Gasteiger partial charge is 0.0522 e. The van der Waals surface area contributed by atoms with Gasteiger partial charge in [-0.2, -0.15) is 5.10 Å². The Hall–Kier alpha value is -1.13. The molecule has 1 aromatic rings. The molecule has 2 N–H and O–H groups in total. The van der Waals surface area contributed by atoms with E-state index in [0.29, 0.717) is 27.7 Å². The van der Waals surface area contributed by atoms with Gasteiger partial charge in [-0.05, 0) is 143 Å². The first-order chi connectivity index (χ1) is 18.9. The van der Waals surface area contributed by atoms with E-state index in [9.17, 15) is 0 Å². The average Bonchev–Trinajstić information content (AvgIpc) is 3.62. The molecule has 6 aliphatic rings. The van der Waals surface area contributed by atoms with Gasteiger partial charge in [-0.1, -0.05) is 46.8 Å². The highest BCUT2D eigenvalue weighted by atomic mass is 15.2. The van der Waals surface area contributed by atoms with Crippen molar-refractivity contribution >= 4 is 0 Å². The number of nitrogens with one attached hydrogen (secondary N) is 2. The molecule has 5 aliphatic carbocycles. The highest BCUT2D eigenvalue weighted by molar-refractivity contribution is 5.34. The molecule has 2 heterocycles. The second-order valence-electron chi connectivity index (χ2n) is 17.2. The van der Waals surface area contributed by atoms with Gasteiger partial charge in [0, 0.05) is 29.2 Å². The molecule has 0 radical (unpaired) electrons. The third kappa shape index (κ3) is 3.47. The minimum absolute atomic E-state index is 0.174. The Bertz CT molecular complexity index is 1170. The minimum atomic E-state index is 0.174. The second kappa shape index (κ2) is 8.94. The van der Waals surface area contributed by atoms with Gasteiger partial charge in [-0.25, -0.2) is 0 Å².